The number of hydrogen-bond donors (Lipinski definition) is 4. The summed E-state index contributed by atoms with van der Waals surface area (Å²) in [6.07, 6.45) is 9.63. The number of ether oxygens (including phenoxy) is 1. The number of nitrogens with two attached hydrogens (primary N) is 1. The first-order valence-corrected chi connectivity index (χ1v) is 16.3. The molecule has 0 aromatic carbocycles. The third-order valence-corrected chi connectivity index (χ3v) is 9.78. The molecule has 1 saturated heterocycles. The zero-order chi connectivity index (χ0) is 32.3. The Morgan fingerprint density at radius 1 is 1.24 bits per heavy atom. The normalized spacial score (nSPS) is 27.2. The first kappa shape index (κ1) is 32.6. The molecule has 2 unspecified atom stereocenters. The molecule has 4 aliphatic rings. The van der Waals surface area contributed by atoms with E-state index in [0.29, 0.717) is 37.5 Å². The van der Waals surface area contributed by atoms with Gasteiger partial charge in [0.2, 0.25) is 5.88 Å². The Hall–Kier alpha value is -3.33. The van der Waals surface area contributed by atoms with Crippen LogP contribution < -0.4 is 21.1 Å². The van der Waals surface area contributed by atoms with Crippen LogP contribution in [0, 0.1) is 11.8 Å². The van der Waals surface area contributed by atoms with E-state index in [4.69, 9.17) is 20.7 Å². The van der Waals surface area contributed by atoms with Gasteiger partial charge in [-0.05, 0) is 68.8 Å². The van der Waals surface area contributed by atoms with Gasteiger partial charge in [0.05, 0.1) is 23.7 Å². The number of pyridine rings is 1. The van der Waals surface area contributed by atoms with Crippen LogP contribution in [0.2, 0.25) is 0 Å². The highest BCUT2D eigenvalue weighted by Crippen LogP contribution is 2.43. The van der Waals surface area contributed by atoms with Crippen molar-refractivity contribution in [3.05, 3.63) is 53.6 Å². The van der Waals surface area contributed by atoms with Crippen molar-refractivity contribution in [3.63, 3.8) is 0 Å². The lowest BCUT2D eigenvalue weighted by molar-refractivity contribution is -0.141. The molecule has 3 aliphatic heterocycles. The summed E-state index contributed by atoms with van der Waals surface area (Å²) < 4.78 is 49.0. The van der Waals surface area contributed by atoms with Gasteiger partial charge in [-0.15, -0.1) is 0 Å². The average Bonchev–Trinajstić information content (AvgIpc) is 3.71. The van der Waals surface area contributed by atoms with Gasteiger partial charge in [0.25, 0.3) is 0 Å². The number of aliphatic hydroxyl groups is 1. The van der Waals surface area contributed by atoms with Gasteiger partial charge in [-0.25, -0.2) is 9.98 Å². The fraction of sp³-hybridized carbons (Fsp3) is 0.625. The quantitative estimate of drug-likeness (QED) is 0.244. The number of likely N-dealkylation sites (tertiary alicyclic amines) is 1. The van der Waals surface area contributed by atoms with Crippen LogP contribution in [0.15, 0.2) is 46.8 Å². The second-order valence-electron chi connectivity index (χ2n) is 13.1. The summed E-state index contributed by atoms with van der Waals surface area (Å²) in [5, 5.41) is 20.3. The molecule has 0 radical (unpaired) electrons. The fourth-order valence-corrected chi connectivity index (χ4v) is 6.92. The molecule has 2 aromatic heterocycles. The molecule has 1 aliphatic carbocycles. The Morgan fingerprint density at radius 2 is 2.04 bits per heavy atom. The highest BCUT2D eigenvalue weighted by Gasteiger charge is 2.48. The van der Waals surface area contributed by atoms with Crippen molar-refractivity contribution in [3.8, 4) is 5.88 Å². The fourth-order valence-electron chi connectivity index (χ4n) is 6.92. The van der Waals surface area contributed by atoms with Crippen LogP contribution in [0.5, 0.6) is 5.88 Å². The first-order valence-electron chi connectivity index (χ1n) is 16.3. The molecule has 0 amide bonds. The van der Waals surface area contributed by atoms with Gasteiger partial charge >= 0.3 is 6.18 Å². The van der Waals surface area contributed by atoms with Crippen molar-refractivity contribution in [2.45, 2.75) is 81.9 Å². The molecule has 0 bridgehead atoms. The van der Waals surface area contributed by atoms with E-state index in [1.54, 1.807) is 12.4 Å². The van der Waals surface area contributed by atoms with Gasteiger partial charge < -0.3 is 26.2 Å². The van der Waals surface area contributed by atoms with E-state index in [-0.39, 0.29) is 48.6 Å². The van der Waals surface area contributed by atoms with Crippen LogP contribution in [0.4, 0.5) is 13.2 Å². The zero-order valence-electron chi connectivity index (χ0n) is 26.2. The standard InChI is InChI=1S/C32H44F3N9O2/c1-21(18-45)3-2-7-37-15-22-11-27(32(33,34)35)42-28(12-22)46-25-5-9-43(10-6-25)24-13-31(14-24,19-36)44-17-23(16-41-44)29-26-4-8-38-30(26)40-20-39-29/h4,8,11-12,16-17,20-21,24-26,29,37,45H,2-3,5-7,9-10,13-15,18-19,36H2,1H3,(H,38,39,40)/t21-,24?,26?,29?,31?/m0/s1. The number of fused-ring (bicyclic) bond motifs is 1. The minimum atomic E-state index is -4.56. The minimum absolute atomic E-state index is 0.0174. The van der Waals surface area contributed by atoms with Gasteiger partial charge in [-0.1, -0.05) is 13.0 Å². The summed E-state index contributed by atoms with van der Waals surface area (Å²) in [5.41, 5.74) is 6.65. The maximum atomic E-state index is 13.6. The average molecular weight is 644 g/mol. The first-order chi connectivity index (χ1) is 22.2. The van der Waals surface area contributed by atoms with Crippen LogP contribution in [-0.4, -0.2) is 81.9 Å². The maximum absolute atomic E-state index is 13.6. The van der Waals surface area contributed by atoms with E-state index >= 15 is 0 Å². The number of aromatic nitrogens is 3. The SMILES string of the molecule is C[C@H](CO)CCCNCc1cc(OC2CCN(C3CC(CN)(n4cc(C5N=CN=C6NC=CC65)cn4)C3)CC2)nc(C(F)(F)F)c1. The minimum Gasteiger partial charge on any atom is -0.474 e. The maximum Gasteiger partial charge on any atom is 0.433 e. The lowest BCUT2D eigenvalue weighted by atomic mass is 9.71. The monoisotopic (exact) mass is 643 g/mol. The van der Waals surface area contributed by atoms with Crippen LogP contribution in [0.25, 0.3) is 0 Å². The number of amidine groups is 1. The molecule has 14 heteroatoms. The Balaban J connectivity index is 1.01. The lowest BCUT2D eigenvalue weighted by Gasteiger charge is -2.52. The smallest absolute Gasteiger partial charge is 0.433 e. The molecule has 5 heterocycles. The summed E-state index contributed by atoms with van der Waals surface area (Å²) in [5.74, 6) is 1.20. The Kier molecular flexibility index (Phi) is 9.78. The predicted octanol–water partition coefficient (Wildman–Crippen LogP) is 3.37. The third-order valence-electron chi connectivity index (χ3n) is 9.78. The third kappa shape index (κ3) is 7.14. The molecule has 2 aromatic rings. The number of nitrogens with one attached hydrogen (secondary N) is 2. The van der Waals surface area contributed by atoms with Crippen molar-refractivity contribution in [1.29, 1.82) is 0 Å². The Bertz CT molecular complexity index is 1430. The Labute approximate surface area is 267 Å². The van der Waals surface area contributed by atoms with Crippen LogP contribution in [-0.2, 0) is 18.3 Å². The number of halogens is 3. The molecular formula is C32H44F3N9O2. The second kappa shape index (κ2) is 13.8. The summed E-state index contributed by atoms with van der Waals surface area (Å²) in [6.45, 7) is 5.10. The van der Waals surface area contributed by atoms with E-state index in [9.17, 15) is 13.2 Å². The van der Waals surface area contributed by atoms with Crippen LogP contribution in [0.1, 0.15) is 68.3 Å². The van der Waals surface area contributed by atoms with Gasteiger partial charge in [-0.3, -0.25) is 14.6 Å². The van der Waals surface area contributed by atoms with Gasteiger partial charge in [0.15, 0.2) is 0 Å². The number of rotatable bonds is 13. The molecule has 6 rings (SSSR count). The summed E-state index contributed by atoms with van der Waals surface area (Å²) in [7, 11) is 0. The van der Waals surface area contributed by atoms with Gasteiger partial charge in [0, 0.05) is 56.7 Å². The van der Waals surface area contributed by atoms with E-state index < -0.39 is 11.9 Å². The highest BCUT2D eigenvalue weighted by molar-refractivity contribution is 5.96. The van der Waals surface area contributed by atoms with Crippen molar-refractivity contribution < 1.29 is 23.0 Å². The van der Waals surface area contributed by atoms with E-state index in [0.717, 1.165) is 56.2 Å². The molecule has 2 fully saturated rings. The van der Waals surface area contributed by atoms with E-state index in [1.807, 2.05) is 24.0 Å². The van der Waals surface area contributed by atoms with Crippen LogP contribution >= 0.6 is 0 Å². The molecule has 11 nitrogen and oxygen atoms in total. The molecule has 250 valence electrons. The van der Waals surface area contributed by atoms with Crippen molar-refractivity contribution in [2.75, 3.05) is 32.8 Å². The summed E-state index contributed by atoms with van der Waals surface area (Å²) >= 11 is 0. The molecule has 46 heavy (non-hydrogen) atoms. The number of alkyl halides is 3. The van der Waals surface area contributed by atoms with Gasteiger partial charge in [0.1, 0.15) is 24.0 Å². The van der Waals surface area contributed by atoms with Crippen molar-refractivity contribution >= 4 is 12.2 Å². The summed E-state index contributed by atoms with van der Waals surface area (Å²) in [4.78, 5) is 15.2. The van der Waals surface area contributed by atoms with E-state index in [2.05, 4.69) is 42.8 Å². The number of piperidine rings is 1. The number of nitrogens with zero attached hydrogens (tertiary/aromatic N) is 6. The number of aliphatic imine (C=N–C) groups is 2. The van der Waals surface area contributed by atoms with E-state index in [1.165, 1.54) is 0 Å². The zero-order valence-corrected chi connectivity index (χ0v) is 26.2. The van der Waals surface area contributed by atoms with Crippen molar-refractivity contribution in [1.82, 2.24) is 30.3 Å². The number of aliphatic hydroxyl groups excluding tert-OH is 1. The van der Waals surface area contributed by atoms with Gasteiger partial charge in [-0.2, -0.15) is 18.3 Å². The highest BCUT2D eigenvalue weighted by atomic mass is 19.4. The predicted molar refractivity (Wildman–Crippen MR) is 168 cm³/mol. The Morgan fingerprint density at radius 3 is 2.78 bits per heavy atom. The van der Waals surface area contributed by atoms with Crippen molar-refractivity contribution in [2.24, 2.45) is 27.6 Å². The molecule has 5 N–H and O–H groups in total. The summed E-state index contributed by atoms with van der Waals surface area (Å²) in [6, 6.07) is 2.98. The molecule has 3 atom stereocenters. The molecule has 0 spiro atoms. The largest absolute Gasteiger partial charge is 0.474 e. The second-order valence-corrected chi connectivity index (χ2v) is 13.1. The van der Waals surface area contributed by atoms with Crippen LogP contribution in [0.3, 0.4) is 0 Å². The molecular weight excluding hydrogens is 599 g/mol. The number of hydrogen-bond acceptors (Lipinski definition) is 10. The topological polar surface area (TPSA) is 138 Å². The molecule has 1 saturated carbocycles. The lowest BCUT2D eigenvalue weighted by Crippen LogP contribution is -2.61.